The smallest absolute Gasteiger partial charge is 0.261 e. The van der Waals surface area contributed by atoms with E-state index in [0.717, 1.165) is 24.1 Å². The standard InChI is InChI=1S/C17H15ClN6O2/c1-22-15-14(24-8-13(20-21-24)17(26-2)5-6-17)19-9-23(15)12-4-3-10(18)7-11(12)16(22)25/h3-4,7-9H,5-6H2,1-2H3. The molecule has 1 aliphatic carbocycles. The van der Waals surface area contributed by atoms with Crippen LogP contribution in [-0.2, 0) is 17.4 Å². The van der Waals surface area contributed by atoms with Gasteiger partial charge in [-0.05, 0) is 31.0 Å². The van der Waals surface area contributed by atoms with E-state index in [1.807, 2.05) is 16.7 Å². The highest BCUT2D eigenvalue weighted by Crippen LogP contribution is 2.47. The Kier molecular flexibility index (Phi) is 3.08. The summed E-state index contributed by atoms with van der Waals surface area (Å²) < 4.78 is 10.5. The van der Waals surface area contributed by atoms with E-state index in [2.05, 4.69) is 15.3 Å². The van der Waals surface area contributed by atoms with E-state index in [1.165, 1.54) is 0 Å². The number of ether oxygens (including phenoxy) is 1. The third kappa shape index (κ3) is 1.99. The van der Waals surface area contributed by atoms with Gasteiger partial charge in [0.05, 0.1) is 17.1 Å². The Hall–Kier alpha value is -2.71. The van der Waals surface area contributed by atoms with Crippen LogP contribution < -0.4 is 5.56 Å². The van der Waals surface area contributed by atoms with Crippen molar-refractivity contribution >= 4 is 28.2 Å². The minimum Gasteiger partial charge on any atom is -0.372 e. The van der Waals surface area contributed by atoms with Crippen LogP contribution in [0.2, 0.25) is 5.02 Å². The first kappa shape index (κ1) is 15.5. The first-order chi connectivity index (χ1) is 12.5. The van der Waals surface area contributed by atoms with Crippen LogP contribution in [0.5, 0.6) is 0 Å². The Morgan fingerprint density at radius 3 is 2.85 bits per heavy atom. The lowest BCUT2D eigenvalue weighted by atomic mass is 10.2. The molecule has 0 atom stereocenters. The van der Waals surface area contributed by atoms with E-state index in [9.17, 15) is 4.79 Å². The second kappa shape index (κ2) is 5.15. The van der Waals surface area contributed by atoms with Gasteiger partial charge in [0.15, 0.2) is 11.5 Å². The van der Waals surface area contributed by atoms with Gasteiger partial charge < -0.3 is 4.74 Å². The molecule has 8 nitrogen and oxygen atoms in total. The molecule has 132 valence electrons. The van der Waals surface area contributed by atoms with Gasteiger partial charge in [-0.25, -0.2) is 4.98 Å². The lowest BCUT2D eigenvalue weighted by Crippen LogP contribution is -2.20. The predicted octanol–water partition coefficient (Wildman–Crippen LogP) is 2.06. The van der Waals surface area contributed by atoms with E-state index in [1.54, 1.807) is 41.9 Å². The van der Waals surface area contributed by atoms with Crippen LogP contribution in [0.4, 0.5) is 0 Å². The summed E-state index contributed by atoms with van der Waals surface area (Å²) in [5, 5.41) is 9.50. The average molecular weight is 371 g/mol. The summed E-state index contributed by atoms with van der Waals surface area (Å²) in [6.45, 7) is 0. The number of aryl methyl sites for hydroxylation is 1. The molecular weight excluding hydrogens is 356 g/mol. The molecule has 0 amide bonds. The topological polar surface area (TPSA) is 79.2 Å². The monoisotopic (exact) mass is 370 g/mol. The maximum absolute atomic E-state index is 12.8. The Morgan fingerprint density at radius 1 is 1.31 bits per heavy atom. The highest BCUT2D eigenvalue weighted by atomic mass is 35.5. The lowest BCUT2D eigenvalue weighted by Gasteiger charge is -2.09. The van der Waals surface area contributed by atoms with E-state index < -0.39 is 0 Å². The molecule has 0 radical (unpaired) electrons. The van der Waals surface area contributed by atoms with Gasteiger partial charge in [-0.3, -0.25) is 13.8 Å². The summed E-state index contributed by atoms with van der Waals surface area (Å²) >= 11 is 6.05. The molecule has 5 rings (SSSR count). The Bertz CT molecular complexity index is 1230. The van der Waals surface area contributed by atoms with Gasteiger partial charge in [-0.1, -0.05) is 16.8 Å². The summed E-state index contributed by atoms with van der Waals surface area (Å²) in [6.07, 6.45) is 5.34. The maximum atomic E-state index is 12.8. The first-order valence-electron chi connectivity index (χ1n) is 8.18. The number of halogens is 1. The molecule has 9 heteroatoms. The van der Waals surface area contributed by atoms with Crippen molar-refractivity contribution in [2.45, 2.75) is 18.4 Å². The van der Waals surface area contributed by atoms with E-state index in [-0.39, 0.29) is 11.2 Å². The Labute approximate surface area is 152 Å². The van der Waals surface area contributed by atoms with Gasteiger partial charge in [-0.15, -0.1) is 5.10 Å². The molecule has 0 N–H and O–H groups in total. The van der Waals surface area contributed by atoms with Crippen LogP contribution >= 0.6 is 11.6 Å². The van der Waals surface area contributed by atoms with Gasteiger partial charge >= 0.3 is 0 Å². The number of fused-ring (bicyclic) bond motifs is 3. The summed E-state index contributed by atoms with van der Waals surface area (Å²) in [7, 11) is 3.39. The van der Waals surface area contributed by atoms with E-state index in [4.69, 9.17) is 16.3 Å². The SMILES string of the molecule is COC1(c2cn(-c3ncn4c5ccc(Cl)cc5c(=O)n(C)c34)nn2)CC1. The Balaban J connectivity index is 1.77. The molecule has 0 aliphatic heterocycles. The second-order valence-corrected chi connectivity index (χ2v) is 6.97. The fraction of sp³-hybridized carbons (Fsp3) is 0.294. The van der Waals surface area contributed by atoms with Crippen LogP contribution in [0.3, 0.4) is 0 Å². The van der Waals surface area contributed by atoms with Crippen LogP contribution in [-0.4, -0.2) is 36.1 Å². The largest absolute Gasteiger partial charge is 0.372 e. The molecule has 0 bridgehead atoms. The molecular formula is C17H15ClN6O2. The highest BCUT2D eigenvalue weighted by Gasteiger charge is 2.47. The van der Waals surface area contributed by atoms with Gasteiger partial charge in [0.25, 0.3) is 5.56 Å². The average Bonchev–Trinajstić information content (AvgIpc) is 3.07. The molecule has 26 heavy (non-hydrogen) atoms. The number of methoxy groups -OCH3 is 1. The third-order valence-electron chi connectivity index (χ3n) is 5.07. The lowest BCUT2D eigenvalue weighted by molar-refractivity contribution is 0.0751. The van der Waals surface area contributed by atoms with Crippen LogP contribution in [0.25, 0.3) is 22.4 Å². The van der Waals surface area contributed by atoms with Crippen LogP contribution in [0.1, 0.15) is 18.5 Å². The van der Waals surface area contributed by atoms with Crippen molar-refractivity contribution in [3.63, 3.8) is 0 Å². The molecule has 0 unspecified atom stereocenters. The van der Waals surface area contributed by atoms with Gasteiger partial charge in [0.1, 0.15) is 17.6 Å². The molecule has 3 aromatic heterocycles. The van der Waals surface area contributed by atoms with E-state index >= 15 is 0 Å². The van der Waals surface area contributed by atoms with Gasteiger partial charge in [-0.2, -0.15) is 4.68 Å². The number of hydrogen-bond donors (Lipinski definition) is 0. The van der Waals surface area contributed by atoms with Crippen molar-refractivity contribution < 1.29 is 4.74 Å². The zero-order valence-corrected chi connectivity index (χ0v) is 14.9. The normalized spacial score (nSPS) is 15.8. The number of nitrogens with zero attached hydrogens (tertiary/aromatic N) is 6. The molecule has 0 saturated heterocycles. The van der Waals surface area contributed by atoms with Crippen LogP contribution in [0, 0.1) is 0 Å². The summed E-state index contributed by atoms with van der Waals surface area (Å²) in [6, 6.07) is 5.24. The van der Waals surface area contributed by atoms with Crippen molar-refractivity contribution in [3.05, 3.63) is 51.8 Å². The van der Waals surface area contributed by atoms with Crippen LogP contribution in [0.15, 0.2) is 35.5 Å². The van der Waals surface area contributed by atoms with Crippen molar-refractivity contribution in [3.8, 4) is 5.82 Å². The molecule has 0 spiro atoms. The molecule has 1 aliphatic rings. The number of hydrogen-bond acceptors (Lipinski definition) is 5. The van der Waals surface area contributed by atoms with Crippen molar-refractivity contribution in [2.75, 3.05) is 7.11 Å². The number of imidazole rings is 1. The molecule has 4 aromatic rings. The zero-order chi connectivity index (χ0) is 18.1. The van der Waals surface area contributed by atoms with E-state index in [0.29, 0.717) is 21.9 Å². The number of benzene rings is 1. The zero-order valence-electron chi connectivity index (χ0n) is 14.2. The molecule has 1 aromatic carbocycles. The van der Waals surface area contributed by atoms with Gasteiger partial charge in [0.2, 0.25) is 0 Å². The maximum Gasteiger partial charge on any atom is 0.261 e. The fourth-order valence-corrected chi connectivity index (χ4v) is 3.58. The number of aromatic nitrogens is 6. The minimum atomic E-state index is -0.330. The van der Waals surface area contributed by atoms with Gasteiger partial charge in [0, 0.05) is 19.2 Å². The van der Waals surface area contributed by atoms with Crippen molar-refractivity contribution in [1.29, 1.82) is 0 Å². The quantitative estimate of drug-likeness (QED) is 0.551. The van der Waals surface area contributed by atoms with Crippen molar-refractivity contribution in [2.24, 2.45) is 7.05 Å². The summed E-state index contributed by atoms with van der Waals surface area (Å²) in [5.74, 6) is 0.534. The highest BCUT2D eigenvalue weighted by molar-refractivity contribution is 6.31. The van der Waals surface area contributed by atoms with Crippen molar-refractivity contribution in [1.82, 2.24) is 28.9 Å². The molecule has 1 fully saturated rings. The third-order valence-corrected chi connectivity index (χ3v) is 5.30. The second-order valence-electron chi connectivity index (χ2n) is 6.53. The predicted molar refractivity (Wildman–Crippen MR) is 95.8 cm³/mol. The first-order valence-corrected chi connectivity index (χ1v) is 8.55. The Morgan fingerprint density at radius 2 is 2.12 bits per heavy atom. The summed E-state index contributed by atoms with van der Waals surface area (Å²) in [4.78, 5) is 17.3. The number of rotatable bonds is 3. The fourth-order valence-electron chi connectivity index (χ4n) is 3.40. The minimum absolute atomic E-state index is 0.146. The summed E-state index contributed by atoms with van der Waals surface area (Å²) in [5.41, 5.74) is 1.67. The molecule has 3 heterocycles. The molecule has 1 saturated carbocycles.